The number of hydrogen-bond donors (Lipinski definition) is 4. The Balaban J connectivity index is 2.86. The van der Waals surface area contributed by atoms with Gasteiger partial charge in [0.25, 0.3) is 0 Å². The van der Waals surface area contributed by atoms with E-state index in [1.54, 1.807) is 0 Å². The van der Waals surface area contributed by atoms with Crippen LogP contribution < -0.4 is 5.73 Å². The van der Waals surface area contributed by atoms with E-state index in [4.69, 9.17) is 10.8 Å². The number of rotatable bonds is 10. The van der Waals surface area contributed by atoms with E-state index in [-0.39, 0.29) is 32.4 Å². The fraction of sp³-hybridized carbons (Fsp3) is 0.615. The average molecular weight is 345 g/mol. The third kappa shape index (κ3) is 4.83. The summed E-state index contributed by atoms with van der Waals surface area (Å²) >= 11 is 0. The number of carbonyl (C=O) groups excluding carboxylic acids is 2. The van der Waals surface area contributed by atoms with Crippen LogP contribution in [0.4, 0.5) is 4.79 Å². The standard InChI is InChI=1S/C13H19N3O8/c14-9(17)3-1-7(11(20)21)15-5-6-16(13(15)24)8(12(22)23)2-4-10(18)19/h7-8H,1-6H2,(H2,14,17)(H,18,19)(H,20,21)(H,22,23)/t7-,8-/m0/s1. The van der Waals surface area contributed by atoms with Gasteiger partial charge in [-0.25, -0.2) is 14.4 Å². The van der Waals surface area contributed by atoms with Crippen LogP contribution >= 0.6 is 0 Å². The van der Waals surface area contributed by atoms with Crippen molar-refractivity contribution in [2.45, 2.75) is 37.8 Å². The molecule has 0 aromatic carbocycles. The number of amides is 3. The van der Waals surface area contributed by atoms with Crippen molar-refractivity contribution in [2.24, 2.45) is 5.73 Å². The van der Waals surface area contributed by atoms with Crippen molar-refractivity contribution in [1.82, 2.24) is 9.80 Å². The lowest BCUT2D eigenvalue weighted by atomic mass is 10.1. The van der Waals surface area contributed by atoms with Gasteiger partial charge in [0.2, 0.25) is 5.91 Å². The number of carboxylic acids is 3. The van der Waals surface area contributed by atoms with Gasteiger partial charge in [0.05, 0.1) is 0 Å². The maximum absolute atomic E-state index is 12.3. The first-order valence-electron chi connectivity index (χ1n) is 7.18. The minimum atomic E-state index is -1.37. The molecule has 5 N–H and O–H groups in total. The molecule has 11 nitrogen and oxygen atoms in total. The molecule has 11 heteroatoms. The lowest BCUT2D eigenvalue weighted by molar-refractivity contribution is -0.143. The molecule has 0 bridgehead atoms. The number of carbonyl (C=O) groups is 5. The zero-order chi connectivity index (χ0) is 18.4. The highest BCUT2D eigenvalue weighted by Gasteiger charge is 2.42. The lowest BCUT2D eigenvalue weighted by Gasteiger charge is -2.27. The fourth-order valence-corrected chi connectivity index (χ4v) is 2.51. The van der Waals surface area contributed by atoms with E-state index < -0.39 is 48.4 Å². The molecule has 1 aliphatic heterocycles. The first-order valence-corrected chi connectivity index (χ1v) is 7.18. The normalized spacial score (nSPS) is 16.8. The molecule has 1 rings (SSSR count). The predicted molar refractivity (Wildman–Crippen MR) is 77.0 cm³/mol. The Labute approximate surface area is 136 Å². The monoisotopic (exact) mass is 345 g/mol. The van der Waals surface area contributed by atoms with Gasteiger partial charge in [-0.1, -0.05) is 0 Å². The maximum Gasteiger partial charge on any atom is 0.326 e. The summed E-state index contributed by atoms with van der Waals surface area (Å²) in [7, 11) is 0. The first-order chi connectivity index (χ1) is 11.1. The summed E-state index contributed by atoms with van der Waals surface area (Å²) in [5, 5.41) is 27.1. The zero-order valence-electron chi connectivity index (χ0n) is 12.8. The molecular formula is C13H19N3O8. The fourth-order valence-electron chi connectivity index (χ4n) is 2.51. The van der Waals surface area contributed by atoms with E-state index in [0.29, 0.717) is 0 Å². The smallest absolute Gasteiger partial charge is 0.326 e. The number of primary amides is 1. The number of aliphatic carboxylic acids is 3. The highest BCUT2D eigenvalue weighted by molar-refractivity contribution is 5.88. The Morgan fingerprint density at radius 3 is 1.67 bits per heavy atom. The highest BCUT2D eigenvalue weighted by atomic mass is 16.4. The van der Waals surface area contributed by atoms with Crippen molar-refractivity contribution >= 4 is 29.8 Å². The second kappa shape index (κ2) is 8.13. The largest absolute Gasteiger partial charge is 0.481 e. The molecule has 24 heavy (non-hydrogen) atoms. The van der Waals surface area contributed by atoms with Gasteiger partial charge >= 0.3 is 23.9 Å². The van der Waals surface area contributed by atoms with Crippen LogP contribution in [0.5, 0.6) is 0 Å². The van der Waals surface area contributed by atoms with E-state index in [1.807, 2.05) is 0 Å². The molecule has 0 radical (unpaired) electrons. The Morgan fingerprint density at radius 2 is 1.33 bits per heavy atom. The summed E-state index contributed by atoms with van der Waals surface area (Å²) in [6.07, 6.45) is -1.15. The summed E-state index contributed by atoms with van der Waals surface area (Å²) in [6, 6.07) is -3.47. The van der Waals surface area contributed by atoms with Crippen LogP contribution in [0.1, 0.15) is 25.7 Å². The Bertz CT molecular complexity index is 503. The molecule has 1 fully saturated rings. The van der Waals surface area contributed by atoms with Crippen molar-refractivity contribution < 1.29 is 39.3 Å². The molecule has 0 saturated carbocycles. The summed E-state index contributed by atoms with van der Waals surface area (Å²) < 4.78 is 0. The summed E-state index contributed by atoms with van der Waals surface area (Å²) in [5.74, 6) is -4.61. The third-order valence-electron chi connectivity index (χ3n) is 3.69. The summed E-state index contributed by atoms with van der Waals surface area (Å²) in [5.41, 5.74) is 4.98. The second-order valence-corrected chi connectivity index (χ2v) is 5.31. The lowest BCUT2D eigenvalue weighted by Crippen LogP contribution is -2.48. The van der Waals surface area contributed by atoms with Crippen LogP contribution in [0.3, 0.4) is 0 Å². The summed E-state index contributed by atoms with van der Waals surface area (Å²) in [6.45, 7) is -0.0822. The molecular weight excluding hydrogens is 326 g/mol. The van der Waals surface area contributed by atoms with Gasteiger partial charge in [-0.05, 0) is 12.8 Å². The highest BCUT2D eigenvalue weighted by Crippen LogP contribution is 2.21. The van der Waals surface area contributed by atoms with E-state index in [2.05, 4.69) is 0 Å². The quantitative estimate of drug-likeness (QED) is 0.379. The molecule has 0 unspecified atom stereocenters. The van der Waals surface area contributed by atoms with E-state index in [9.17, 15) is 34.2 Å². The van der Waals surface area contributed by atoms with Crippen LogP contribution in [0.15, 0.2) is 0 Å². The van der Waals surface area contributed by atoms with Gasteiger partial charge in [0.15, 0.2) is 0 Å². The van der Waals surface area contributed by atoms with Crippen molar-refractivity contribution in [2.75, 3.05) is 13.1 Å². The van der Waals surface area contributed by atoms with Gasteiger partial charge in [-0.3, -0.25) is 9.59 Å². The second-order valence-electron chi connectivity index (χ2n) is 5.31. The van der Waals surface area contributed by atoms with E-state index in [0.717, 1.165) is 9.80 Å². The van der Waals surface area contributed by atoms with Gasteiger partial charge in [0.1, 0.15) is 12.1 Å². The van der Waals surface area contributed by atoms with Gasteiger partial charge < -0.3 is 30.9 Å². The van der Waals surface area contributed by atoms with Crippen molar-refractivity contribution in [3.8, 4) is 0 Å². The van der Waals surface area contributed by atoms with Crippen LogP contribution in [0.2, 0.25) is 0 Å². The molecule has 3 amide bonds. The number of nitrogens with two attached hydrogens (primary N) is 1. The van der Waals surface area contributed by atoms with E-state index in [1.165, 1.54) is 0 Å². The Hall–Kier alpha value is -2.85. The third-order valence-corrected chi connectivity index (χ3v) is 3.69. The first kappa shape index (κ1) is 19.2. The number of carboxylic acid groups (broad SMARTS) is 3. The minimum Gasteiger partial charge on any atom is -0.481 e. The predicted octanol–water partition coefficient (Wildman–Crippen LogP) is -1.24. The van der Waals surface area contributed by atoms with Gasteiger partial charge in [-0.2, -0.15) is 0 Å². The van der Waals surface area contributed by atoms with Crippen LogP contribution in [0.25, 0.3) is 0 Å². The van der Waals surface area contributed by atoms with Crippen molar-refractivity contribution in [3.05, 3.63) is 0 Å². The number of urea groups is 1. The van der Waals surface area contributed by atoms with Crippen LogP contribution in [0, 0.1) is 0 Å². The van der Waals surface area contributed by atoms with E-state index >= 15 is 0 Å². The molecule has 1 aliphatic rings. The SMILES string of the molecule is NC(=O)CC[C@@H](C(=O)O)N1CCN([C@@H](CCC(=O)O)C(=O)O)C1=O. The Kier molecular flexibility index (Phi) is 6.50. The molecule has 0 aromatic heterocycles. The molecule has 1 saturated heterocycles. The maximum atomic E-state index is 12.3. The minimum absolute atomic E-state index is 0.0363. The van der Waals surface area contributed by atoms with Crippen LogP contribution in [-0.4, -0.2) is 80.1 Å². The molecule has 134 valence electrons. The molecule has 1 heterocycles. The van der Waals surface area contributed by atoms with Gasteiger partial charge in [0, 0.05) is 25.9 Å². The zero-order valence-corrected chi connectivity index (χ0v) is 12.8. The molecule has 0 aliphatic carbocycles. The van der Waals surface area contributed by atoms with Gasteiger partial charge in [-0.15, -0.1) is 0 Å². The molecule has 0 aromatic rings. The van der Waals surface area contributed by atoms with Crippen molar-refractivity contribution in [3.63, 3.8) is 0 Å². The number of nitrogens with zero attached hydrogens (tertiary/aromatic N) is 2. The van der Waals surface area contributed by atoms with Crippen molar-refractivity contribution in [1.29, 1.82) is 0 Å². The number of hydrogen-bond acceptors (Lipinski definition) is 5. The molecule has 2 atom stereocenters. The summed E-state index contributed by atoms with van der Waals surface area (Å²) in [4.78, 5) is 58.3. The molecule has 0 spiro atoms. The Morgan fingerprint density at radius 1 is 0.917 bits per heavy atom. The topological polar surface area (TPSA) is 179 Å². The average Bonchev–Trinajstić information content (AvgIpc) is 2.80. The van der Waals surface area contributed by atoms with Crippen LogP contribution in [-0.2, 0) is 19.2 Å².